The predicted octanol–water partition coefficient (Wildman–Crippen LogP) is 3.83. The quantitative estimate of drug-likeness (QED) is 0.182. The van der Waals surface area contributed by atoms with E-state index in [-0.39, 0.29) is 11.0 Å². The van der Waals surface area contributed by atoms with Crippen molar-refractivity contribution in [2.75, 3.05) is 18.5 Å². The molecule has 3 rings (SSSR count). The maximum Gasteiger partial charge on any atom is 0.269 e. The van der Waals surface area contributed by atoms with E-state index in [4.69, 9.17) is 21.7 Å². The van der Waals surface area contributed by atoms with Gasteiger partial charge in [0, 0.05) is 23.2 Å². The summed E-state index contributed by atoms with van der Waals surface area (Å²) in [5, 5.41) is 5.18. The SMILES string of the molecule is CCCC(=O)Nc1ccc(C(=O)NNC(=S)NC(=O)c2ccc(OCCOc3ccccc3)cc2)cc1. The zero-order valence-corrected chi connectivity index (χ0v) is 21.1. The van der Waals surface area contributed by atoms with Gasteiger partial charge in [-0.05, 0) is 79.3 Å². The zero-order chi connectivity index (χ0) is 26.5. The Morgan fingerprint density at radius 1 is 0.730 bits per heavy atom. The number of hydrogen-bond donors (Lipinski definition) is 4. The van der Waals surface area contributed by atoms with Crippen molar-refractivity contribution in [3.63, 3.8) is 0 Å². The molecule has 0 aliphatic rings. The van der Waals surface area contributed by atoms with Gasteiger partial charge < -0.3 is 14.8 Å². The Bertz CT molecular complexity index is 1200. The predicted molar refractivity (Wildman–Crippen MR) is 145 cm³/mol. The molecule has 0 aromatic heterocycles. The zero-order valence-electron chi connectivity index (χ0n) is 20.3. The molecule has 0 saturated carbocycles. The summed E-state index contributed by atoms with van der Waals surface area (Å²) in [6.07, 6.45) is 1.18. The lowest BCUT2D eigenvalue weighted by atomic mass is 10.2. The van der Waals surface area contributed by atoms with E-state index in [9.17, 15) is 14.4 Å². The molecule has 37 heavy (non-hydrogen) atoms. The van der Waals surface area contributed by atoms with Crippen molar-refractivity contribution in [1.82, 2.24) is 16.2 Å². The second-order valence-corrected chi connectivity index (χ2v) is 8.18. The lowest BCUT2D eigenvalue weighted by Gasteiger charge is -2.12. The molecule has 0 atom stereocenters. The summed E-state index contributed by atoms with van der Waals surface area (Å²) in [5.74, 6) is 0.374. The number of hydrogen-bond acceptors (Lipinski definition) is 6. The highest BCUT2D eigenvalue weighted by atomic mass is 32.1. The number of amides is 3. The smallest absolute Gasteiger partial charge is 0.269 e. The molecule has 9 nitrogen and oxygen atoms in total. The fraction of sp³-hybridized carbons (Fsp3) is 0.185. The van der Waals surface area contributed by atoms with Crippen LogP contribution in [0.15, 0.2) is 78.9 Å². The average molecular weight is 521 g/mol. The summed E-state index contributed by atoms with van der Waals surface area (Å²) in [4.78, 5) is 36.4. The summed E-state index contributed by atoms with van der Waals surface area (Å²) < 4.78 is 11.2. The summed E-state index contributed by atoms with van der Waals surface area (Å²) in [6, 6.07) is 22.4. The van der Waals surface area contributed by atoms with Crippen LogP contribution < -0.4 is 31.0 Å². The Labute approximate surface area is 220 Å². The first-order valence-corrected chi connectivity index (χ1v) is 12.1. The Morgan fingerprint density at radius 2 is 1.30 bits per heavy atom. The third-order valence-corrected chi connectivity index (χ3v) is 5.11. The van der Waals surface area contributed by atoms with Gasteiger partial charge in [0.1, 0.15) is 24.7 Å². The lowest BCUT2D eigenvalue weighted by Crippen LogP contribution is -2.48. The van der Waals surface area contributed by atoms with Gasteiger partial charge in [-0.3, -0.25) is 30.6 Å². The number of para-hydroxylation sites is 1. The van der Waals surface area contributed by atoms with Gasteiger partial charge in [0.2, 0.25) is 5.91 Å². The van der Waals surface area contributed by atoms with Gasteiger partial charge in [0.15, 0.2) is 5.11 Å². The van der Waals surface area contributed by atoms with E-state index in [0.717, 1.165) is 12.2 Å². The minimum atomic E-state index is -0.458. The number of hydrazine groups is 1. The molecule has 0 bridgehead atoms. The van der Waals surface area contributed by atoms with Crippen molar-refractivity contribution in [3.05, 3.63) is 90.0 Å². The van der Waals surface area contributed by atoms with E-state index in [0.29, 0.717) is 42.2 Å². The fourth-order valence-electron chi connectivity index (χ4n) is 3.09. The van der Waals surface area contributed by atoms with Crippen LogP contribution in [0.5, 0.6) is 11.5 Å². The first-order chi connectivity index (χ1) is 17.9. The normalized spacial score (nSPS) is 10.1. The van der Waals surface area contributed by atoms with Crippen molar-refractivity contribution in [1.29, 1.82) is 0 Å². The van der Waals surface area contributed by atoms with Gasteiger partial charge in [0.25, 0.3) is 11.8 Å². The van der Waals surface area contributed by atoms with Gasteiger partial charge >= 0.3 is 0 Å². The van der Waals surface area contributed by atoms with Crippen LogP contribution in [0.2, 0.25) is 0 Å². The number of anilines is 1. The van der Waals surface area contributed by atoms with Crippen LogP contribution in [-0.4, -0.2) is 36.0 Å². The van der Waals surface area contributed by atoms with Crippen molar-refractivity contribution in [3.8, 4) is 11.5 Å². The molecular formula is C27H28N4O5S. The first-order valence-electron chi connectivity index (χ1n) is 11.7. The van der Waals surface area contributed by atoms with E-state index in [1.807, 2.05) is 37.3 Å². The number of carbonyl (C=O) groups excluding carboxylic acids is 3. The monoisotopic (exact) mass is 520 g/mol. The lowest BCUT2D eigenvalue weighted by molar-refractivity contribution is -0.116. The van der Waals surface area contributed by atoms with Gasteiger partial charge in [-0.25, -0.2) is 0 Å². The number of carbonyl (C=O) groups is 3. The van der Waals surface area contributed by atoms with Crippen molar-refractivity contribution < 1.29 is 23.9 Å². The first kappa shape index (κ1) is 27.2. The Hall–Kier alpha value is -4.44. The van der Waals surface area contributed by atoms with Gasteiger partial charge in [-0.15, -0.1) is 0 Å². The summed E-state index contributed by atoms with van der Waals surface area (Å²) in [6.45, 7) is 2.66. The van der Waals surface area contributed by atoms with Crippen LogP contribution in [0, 0.1) is 0 Å². The van der Waals surface area contributed by atoms with Crippen LogP contribution >= 0.6 is 12.2 Å². The maximum absolute atomic E-state index is 12.4. The molecule has 192 valence electrons. The standard InChI is InChI=1S/C27H28N4O5S/c1-2-6-24(32)28-21-13-9-20(10-14-21)26(34)30-31-27(37)29-25(33)19-11-15-23(16-12-19)36-18-17-35-22-7-4-3-5-8-22/h3-5,7-16H,2,6,17-18H2,1H3,(H,28,32)(H,30,34)(H2,29,31,33,37). The van der Waals surface area contributed by atoms with Crippen molar-refractivity contribution >= 4 is 40.7 Å². The molecule has 0 radical (unpaired) electrons. The third kappa shape index (κ3) is 9.26. The number of ether oxygens (including phenoxy) is 2. The van der Waals surface area contributed by atoms with Crippen LogP contribution in [0.3, 0.4) is 0 Å². The molecule has 10 heteroatoms. The summed E-state index contributed by atoms with van der Waals surface area (Å²) in [5.41, 5.74) is 6.23. The molecule has 0 unspecified atom stereocenters. The van der Waals surface area contributed by atoms with Crippen LogP contribution in [0.25, 0.3) is 0 Å². The molecule has 3 aromatic carbocycles. The van der Waals surface area contributed by atoms with E-state index in [1.54, 1.807) is 48.5 Å². The fourth-order valence-corrected chi connectivity index (χ4v) is 3.23. The van der Waals surface area contributed by atoms with Gasteiger partial charge in [-0.2, -0.15) is 0 Å². The Morgan fingerprint density at radius 3 is 1.92 bits per heavy atom. The van der Waals surface area contributed by atoms with Gasteiger partial charge in [-0.1, -0.05) is 25.1 Å². The number of thiocarbonyl (C=S) groups is 1. The molecule has 0 spiro atoms. The molecular weight excluding hydrogens is 492 g/mol. The number of nitrogens with one attached hydrogen (secondary N) is 4. The summed E-state index contributed by atoms with van der Waals surface area (Å²) >= 11 is 5.08. The topological polar surface area (TPSA) is 118 Å². The molecule has 0 aliphatic carbocycles. The van der Waals surface area contributed by atoms with E-state index < -0.39 is 11.8 Å². The van der Waals surface area contributed by atoms with E-state index >= 15 is 0 Å². The van der Waals surface area contributed by atoms with E-state index in [2.05, 4.69) is 21.5 Å². The highest BCUT2D eigenvalue weighted by Gasteiger charge is 2.10. The molecule has 3 aromatic rings. The minimum absolute atomic E-state index is 0.0693. The number of rotatable bonds is 10. The summed E-state index contributed by atoms with van der Waals surface area (Å²) in [7, 11) is 0. The van der Waals surface area contributed by atoms with Gasteiger partial charge in [0.05, 0.1) is 0 Å². The third-order valence-electron chi connectivity index (χ3n) is 4.91. The highest BCUT2D eigenvalue weighted by molar-refractivity contribution is 7.80. The highest BCUT2D eigenvalue weighted by Crippen LogP contribution is 2.13. The minimum Gasteiger partial charge on any atom is -0.490 e. The van der Waals surface area contributed by atoms with Crippen molar-refractivity contribution in [2.45, 2.75) is 19.8 Å². The number of benzene rings is 3. The second kappa shape index (κ2) is 14.2. The molecule has 4 N–H and O–H groups in total. The molecule has 3 amide bonds. The second-order valence-electron chi connectivity index (χ2n) is 7.77. The van der Waals surface area contributed by atoms with Crippen LogP contribution in [0.4, 0.5) is 5.69 Å². The largest absolute Gasteiger partial charge is 0.490 e. The van der Waals surface area contributed by atoms with Crippen molar-refractivity contribution in [2.24, 2.45) is 0 Å². The van der Waals surface area contributed by atoms with Crippen LogP contribution in [-0.2, 0) is 4.79 Å². The molecule has 0 heterocycles. The average Bonchev–Trinajstić information content (AvgIpc) is 2.91. The van der Waals surface area contributed by atoms with E-state index in [1.165, 1.54) is 0 Å². The molecule has 0 fully saturated rings. The maximum atomic E-state index is 12.4. The Balaban J connectivity index is 1.38. The Kier molecular flexibility index (Phi) is 10.4. The molecule has 0 saturated heterocycles. The molecule has 0 aliphatic heterocycles. The van der Waals surface area contributed by atoms with Crippen LogP contribution in [0.1, 0.15) is 40.5 Å².